The number of amides is 2. The molecule has 142 valence electrons. The van der Waals surface area contributed by atoms with Crippen LogP contribution in [-0.4, -0.2) is 29.8 Å². The normalized spacial score (nSPS) is 16.3. The Bertz CT molecular complexity index is 731. The number of hydrogen-bond donors (Lipinski definition) is 1. The lowest BCUT2D eigenvalue weighted by Crippen LogP contribution is -2.43. The third kappa shape index (κ3) is 5.95. The van der Waals surface area contributed by atoms with E-state index in [4.69, 9.17) is 0 Å². The molecule has 1 atom stereocenters. The molecule has 4 heteroatoms. The number of rotatable bonds is 6. The molecule has 0 radical (unpaired) electrons. The van der Waals surface area contributed by atoms with Gasteiger partial charge in [0.1, 0.15) is 0 Å². The van der Waals surface area contributed by atoms with Gasteiger partial charge in [0, 0.05) is 13.0 Å². The van der Waals surface area contributed by atoms with Gasteiger partial charge in [-0.3, -0.25) is 9.59 Å². The van der Waals surface area contributed by atoms with E-state index in [2.05, 4.69) is 17.4 Å². The van der Waals surface area contributed by atoms with Crippen molar-refractivity contribution in [3.63, 3.8) is 0 Å². The van der Waals surface area contributed by atoms with Crippen LogP contribution in [0.5, 0.6) is 0 Å². The maximum absolute atomic E-state index is 12.7. The highest BCUT2D eigenvalue weighted by molar-refractivity contribution is 5.85. The van der Waals surface area contributed by atoms with Gasteiger partial charge in [-0.25, -0.2) is 0 Å². The molecule has 2 amide bonds. The number of carbonyl (C=O) groups excluding carboxylic acids is 2. The van der Waals surface area contributed by atoms with Crippen LogP contribution < -0.4 is 5.32 Å². The molecule has 1 heterocycles. The largest absolute Gasteiger partial charge is 0.347 e. The first kappa shape index (κ1) is 19.2. The van der Waals surface area contributed by atoms with E-state index < -0.39 is 0 Å². The molecule has 2 aromatic carbocycles. The van der Waals surface area contributed by atoms with Crippen LogP contribution in [0, 0.1) is 0 Å². The second-order valence-corrected chi connectivity index (χ2v) is 7.20. The van der Waals surface area contributed by atoms with Crippen LogP contribution in [0.25, 0.3) is 0 Å². The molecule has 0 aromatic heterocycles. The fourth-order valence-corrected chi connectivity index (χ4v) is 3.58. The Morgan fingerprint density at radius 3 is 2.33 bits per heavy atom. The number of likely N-dealkylation sites (tertiary alicyclic amines) is 1. The van der Waals surface area contributed by atoms with Gasteiger partial charge in [-0.05, 0) is 30.4 Å². The second kappa shape index (κ2) is 9.91. The zero-order chi connectivity index (χ0) is 18.9. The summed E-state index contributed by atoms with van der Waals surface area (Å²) in [5.41, 5.74) is 2.25. The van der Waals surface area contributed by atoms with Crippen LogP contribution in [0.3, 0.4) is 0 Å². The van der Waals surface area contributed by atoms with Crippen molar-refractivity contribution in [3.05, 3.63) is 71.8 Å². The Hall–Kier alpha value is -2.62. The minimum Gasteiger partial charge on any atom is -0.347 e. The number of carbonyl (C=O) groups is 2. The Balaban J connectivity index is 1.67. The third-order valence-corrected chi connectivity index (χ3v) is 5.08. The molecule has 1 N–H and O–H groups in total. The Morgan fingerprint density at radius 2 is 1.59 bits per heavy atom. The molecule has 0 saturated carbocycles. The average Bonchev–Trinajstić information content (AvgIpc) is 2.69. The minimum absolute atomic E-state index is 0.0892. The summed E-state index contributed by atoms with van der Waals surface area (Å²) in [6, 6.07) is 20.1. The molecule has 27 heavy (non-hydrogen) atoms. The SMILES string of the molecule is O=C(CN1CCCCCCC1=O)NC(Cc1ccccc1)c1ccccc1. The van der Waals surface area contributed by atoms with Gasteiger partial charge >= 0.3 is 0 Å². The molecule has 0 bridgehead atoms. The van der Waals surface area contributed by atoms with Gasteiger partial charge in [-0.15, -0.1) is 0 Å². The number of benzene rings is 2. The number of nitrogens with one attached hydrogen (secondary N) is 1. The maximum atomic E-state index is 12.7. The lowest BCUT2D eigenvalue weighted by molar-refractivity contribution is -0.136. The van der Waals surface area contributed by atoms with Crippen LogP contribution in [0.15, 0.2) is 60.7 Å². The Morgan fingerprint density at radius 1 is 0.926 bits per heavy atom. The van der Waals surface area contributed by atoms with E-state index in [9.17, 15) is 9.59 Å². The molecular formula is C23H28N2O2. The predicted octanol–water partition coefficient (Wildman–Crippen LogP) is 3.88. The van der Waals surface area contributed by atoms with Crippen molar-refractivity contribution >= 4 is 11.8 Å². The number of nitrogens with zero attached hydrogens (tertiary/aromatic N) is 1. The fourth-order valence-electron chi connectivity index (χ4n) is 3.58. The Kier molecular flexibility index (Phi) is 7.03. The molecule has 1 saturated heterocycles. The fraction of sp³-hybridized carbons (Fsp3) is 0.391. The van der Waals surface area contributed by atoms with Crippen LogP contribution in [0.4, 0.5) is 0 Å². The molecule has 0 aliphatic carbocycles. The highest BCUT2D eigenvalue weighted by Crippen LogP contribution is 2.19. The van der Waals surface area contributed by atoms with E-state index >= 15 is 0 Å². The van der Waals surface area contributed by atoms with Gasteiger partial charge in [-0.1, -0.05) is 73.5 Å². The summed E-state index contributed by atoms with van der Waals surface area (Å²) in [7, 11) is 0. The van der Waals surface area contributed by atoms with Gasteiger partial charge in [0.15, 0.2) is 0 Å². The van der Waals surface area contributed by atoms with Crippen molar-refractivity contribution in [2.75, 3.05) is 13.1 Å². The highest BCUT2D eigenvalue weighted by atomic mass is 16.2. The molecule has 3 rings (SSSR count). The zero-order valence-electron chi connectivity index (χ0n) is 15.8. The lowest BCUT2D eigenvalue weighted by Gasteiger charge is -2.26. The third-order valence-electron chi connectivity index (χ3n) is 5.08. The summed E-state index contributed by atoms with van der Waals surface area (Å²) < 4.78 is 0. The highest BCUT2D eigenvalue weighted by Gasteiger charge is 2.21. The molecule has 1 aliphatic rings. The van der Waals surface area contributed by atoms with Gasteiger partial charge in [0.2, 0.25) is 11.8 Å². The first-order valence-corrected chi connectivity index (χ1v) is 9.88. The van der Waals surface area contributed by atoms with Crippen LogP contribution in [-0.2, 0) is 16.0 Å². The molecule has 2 aromatic rings. The van der Waals surface area contributed by atoms with Gasteiger partial charge < -0.3 is 10.2 Å². The van der Waals surface area contributed by atoms with Gasteiger partial charge in [-0.2, -0.15) is 0 Å². The van der Waals surface area contributed by atoms with Gasteiger partial charge in [0.25, 0.3) is 0 Å². The van der Waals surface area contributed by atoms with Crippen LogP contribution in [0.2, 0.25) is 0 Å². The first-order valence-electron chi connectivity index (χ1n) is 9.88. The summed E-state index contributed by atoms with van der Waals surface area (Å²) >= 11 is 0. The quantitative estimate of drug-likeness (QED) is 0.846. The van der Waals surface area contributed by atoms with Crippen LogP contribution >= 0.6 is 0 Å². The maximum Gasteiger partial charge on any atom is 0.240 e. The van der Waals surface area contributed by atoms with E-state index in [-0.39, 0.29) is 24.4 Å². The topological polar surface area (TPSA) is 49.4 Å². The zero-order valence-corrected chi connectivity index (χ0v) is 15.8. The summed E-state index contributed by atoms with van der Waals surface area (Å²) in [6.45, 7) is 0.831. The van der Waals surface area contributed by atoms with Crippen molar-refractivity contribution in [3.8, 4) is 0 Å². The monoisotopic (exact) mass is 364 g/mol. The summed E-state index contributed by atoms with van der Waals surface area (Å²) in [4.78, 5) is 26.7. The van der Waals surface area contributed by atoms with E-state index in [1.54, 1.807) is 4.90 Å². The van der Waals surface area contributed by atoms with Gasteiger partial charge in [0.05, 0.1) is 12.6 Å². The Labute approximate surface area is 161 Å². The molecule has 1 unspecified atom stereocenters. The molecule has 1 fully saturated rings. The van der Waals surface area contributed by atoms with E-state index in [1.165, 1.54) is 5.56 Å². The first-order chi connectivity index (χ1) is 13.2. The average molecular weight is 364 g/mol. The second-order valence-electron chi connectivity index (χ2n) is 7.20. The summed E-state index contributed by atoms with van der Waals surface area (Å²) in [6.07, 6.45) is 5.43. The van der Waals surface area contributed by atoms with Crippen molar-refractivity contribution in [1.82, 2.24) is 10.2 Å². The molecule has 0 spiro atoms. The van der Waals surface area contributed by atoms with Crippen molar-refractivity contribution in [2.45, 2.75) is 44.6 Å². The van der Waals surface area contributed by atoms with E-state index in [1.807, 2.05) is 48.5 Å². The minimum atomic E-state index is -0.106. The molecule has 1 aliphatic heterocycles. The van der Waals surface area contributed by atoms with Crippen molar-refractivity contribution < 1.29 is 9.59 Å². The smallest absolute Gasteiger partial charge is 0.240 e. The molecular weight excluding hydrogens is 336 g/mol. The number of hydrogen-bond acceptors (Lipinski definition) is 2. The lowest BCUT2D eigenvalue weighted by atomic mass is 9.99. The van der Waals surface area contributed by atoms with Crippen molar-refractivity contribution in [2.24, 2.45) is 0 Å². The van der Waals surface area contributed by atoms with E-state index in [0.29, 0.717) is 13.0 Å². The summed E-state index contributed by atoms with van der Waals surface area (Å²) in [5.74, 6) is 0.0119. The van der Waals surface area contributed by atoms with Crippen molar-refractivity contribution in [1.29, 1.82) is 0 Å². The predicted molar refractivity (Wildman–Crippen MR) is 107 cm³/mol. The van der Waals surface area contributed by atoms with E-state index in [0.717, 1.165) is 37.7 Å². The molecule has 4 nitrogen and oxygen atoms in total. The summed E-state index contributed by atoms with van der Waals surface area (Å²) in [5, 5.41) is 3.15. The standard InChI is InChI=1S/C23H28N2O2/c26-22(18-25-16-10-2-1-9-15-23(25)27)24-21(20-13-7-4-8-14-20)17-19-11-5-3-6-12-19/h3-8,11-14,21H,1-2,9-10,15-18H2,(H,24,26). The van der Waals surface area contributed by atoms with Crippen LogP contribution in [0.1, 0.15) is 49.3 Å².